The molecule has 1 saturated heterocycles. The van der Waals surface area contributed by atoms with E-state index < -0.39 is 0 Å². The van der Waals surface area contributed by atoms with E-state index in [1.807, 2.05) is 11.8 Å². The highest BCUT2D eigenvalue weighted by Crippen LogP contribution is 2.21. The van der Waals surface area contributed by atoms with Crippen LogP contribution in [-0.4, -0.2) is 54.9 Å². The SMILES string of the molecule is COCCCNC(=S)N(C)C1CCSC1. The fourth-order valence-corrected chi connectivity index (χ4v) is 3.05. The van der Waals surface area contributed by atoms with Gasteiger partial charge in [0.15, 0.2) is 5.11 Å². The fraction of sp³-hybridized carbons (Fsp3) is 0.900. The Labute approximate surface area is 102 Å². The maximum Gasteiger partial charge on any atom is 0.168 e. The number of nitrogens with zero attached hydrogens (tertiary/aromatic N) is 1. The summed E-state index contributed by atoms with van der Waals surface area (Å²) in [4.78, 5) is 2.20. The number of hydrogen-bond donors (Lipinski definition) is 1. The summed E-state index contributed by atoms with van der Waals surface area (Å²) in [7, 11) is 3.81. The zero-order chi connectivity index (χ0) is 11.1. The normalized spacial score (nSPS) is 20.3. The molecule has 5 heteroatoms. The van der Waals surface area contributed by atoms with E-state index >= 15 is 0 Å². The smallest absolute Gasteiger partial charge is 0.168 e. The van der Waals surface area contributed by atoms with Crippen LogP contribution < -0.4 is 5.32 Å². The lowest BCUT2D eigenvalue weighted by Gasteiger charge is -2.26. The molecule has 0 saturated carbocycles. The van der Waals surface area contributed by atoms with Gasteiger partial charge in [-0.1, -0.05) is 0 Å². The highest BCUT2D eigenvalue weighted by molar-refractivity contribution is 7.99. The first-order valence-electron chi connectivity index (χ1n) is 5.33. The largest absolute Gasteiger partial charge is 0.385 e. The second-order valence-electron chi connectivity index (χ2n) is 3.71. The summed E-state index contributed by atoms with van der Waals surface area (Å²) in [5.41, 5.74) is 0. The van der Waals surface area contributed by atoms with Crippen LogP contribution >= 0.6 is 24.0 Å². The van der Waals surface area contributed by atoms with Gasteiger partial charge in [-0.05, 0) is 30.8 Å². The molecule has 1 fully saturated rings. The Hall–Kier alpha value is 0. The number of ether oxygens (including phenoxy) is 1. The minimum atomic E-state index is 0.623. The van der Waals surface area contributed by atoms with Gasteiger partial charge in [0.25, 0.3) is 0 Å². The fourth-order valence-electron chi connectivity index (χ4n) is 1.53. The van der Waals surface area contributed by atoms with E-state index in [2.05, 4.69) is 17.3 Å². The summed E-state index contributed by atoms with van der Waals surface area (Å²) in [5.74, 6) is 2.47. The predicted octanol–water partition coefficient (Wildman–Crippen LogP) is 1.33. The second kappa shape index (κ2) is 7.30. The van der Waals surface area contributed by atoms with Crippen molar-refractivity contribution in [1.29, 1.82) is 0 Å². The van der Waals surface area contributed by atoms with Crippen LogP contribution in [0, 0.1) is 0 Å². The van der Waals surface area contributed by atoms with Crippen molar-refractivity contribution in [3.8, 4) is 0 Å². The van der Waals surface area contributed by atoms with Crippen LogP contribution in [0.25, 0.3) is 0 Å². The van der Waals surface area contributed by atoms with Gasteiger partial charge in [-0.25, -0.2) is 0 Å². The van der Waals surface area contributed by atoms with E-state index in [0.717, 1.165) is 24.7 Å². The maximum atomic E-state index is 5.33. The number of rotatable bonds is 5. The highest BCUT2D eigenvalue weighted by Gasteiger charge is 2.21. The average Bonchev–Trinajstić information content (AvgIpc) is 2.76. The molecule has 1 aliphatic rings. The van der Waals surface area contributed by atoms with Gasteiger partial charge in [0.05, 0.1) is 0 Å². The van der Waals surface area contributed by atoms with Gasteiger partial charge in [-0.15, -0.1) is 0 Å². The Bertz CT molecular complexity index is 196. The first-order chi connectivity index (χ1) is 7.25. The third-order valence-corrected chi connectivity index (χ3v) is 4.15. The van der Waals surface area contributed by atoms with Gasteiger partial charge >= 0.3 is 0 Å². The minimum absolute atomic E-state index is 0.623. The standard InChI is InChI=1S/C10H20N2OS2/c1-12(9-4-7-15-8-9)10(14)11-5-3-6-13-2/h9H,3-8H2,1-2H3,(H,11,14). The van der Waals surface area contributed by atoms with Crippen LogP contribution in [0.4, 0.5) is 0 Å². The molecule has 1 aliphatic heterocycles. The molecule has 1 N–H and O–H groups in total. The number of methoxy groups -OCH3 is 1. The molecular formula is C10H20N2OS2. The summed E-state index contributed by atoms with van der Waals surface area (Å²) in [6.07, 6.45) is 2.25. The molecule has 0 bridgehead atoms. The Morgan fingerprint density at radius 3 is 3.07 bits per heavy atom. The lowest BCUT2D eigenvalue weighted by atomic mass is 10.2. The molecule has 1 heterocycles. The van der Waals surface area contributed by atoms with E-state index in [9.17, 15) is 0 Å². The molecule has 0 radical (unpaired) electrons. The zero-order valence-electron chi connectivity index (χ0n) is 9.49. The van der Waals surface area contributed by atoms with Crippen molar-refractivity contribution in [3.63, 3.8) is 0 Å². The van der Waals surface area contributed by atoms with Gasteiger partial charge in [-0.3, -0.25) is 0 Å². The lowest BCUT2D eigenvalue weighted by molar-refractivity contribution is 0.195. The van der Waals surface area contributed by atoms with Crippen molar-refractivity contribution in [2.24, 2.45) is 0 Å². The van der Waals surface area contributed by atoms with E-state index in [1.165, 1.54) is 17.9 Å². The molecule has 88 valence electrons. The van der Waals surface area contributed by atoms with Gasteiger partial charge in [0, 0.05) is 39.1 Å². The number of nitrogens with one attached hydrogen (secondary N) is 1. The summed E-state index contributed by atoms with van der Waals surface area (Å²) in [6, 6.07) is 0.623. The van der Waals surface area contributed by atoms with Crippen molar-refractivity contribution in [2.75, 3.05) is 38.8 Å². The first-order valence-corrected chi connectivity index (χ1v) is 6.89. The average molecular weight is 248 g/mol. The van der Waals surface area contributed by atoms with E-state index in [4.69, 9.17) is 17.0 Å². The quantitative estimate of drug-likeness (QED) is 0.585. The number of thiocarbonyl (C=S) groups is 1. The van der Waals surface area contributed by atoms with Gasteiger partial charge in [0.2, 0.25) is 0 Å². The van der Waals surface area contributed by atoms with Gasteiger partial charge in [-0.2, -0.15) is 11.8 Å². The third-order valence-electron chi connectivity index (χ3n) is 2.58. The van der Waals surface area contributed by atoms with Crippen molar-refractivity contribution in [2.45, 2.75) is 18.9 Å². The van der Waals surface area contributed by atoms with Crippen molar-refractivity contribution < 1.29 is 4.74 Å². The summed E-state index contributed by atoms with van der Waals surface area (Å²) < 4.78 is 4.98. The molecule has 0 aromatic carbocycles. The summed E-state index contributed by atoms with van der Waals surface area (Å²) in [5, 5.41) is 4.14. The van der Waals surface area contributed by atoms with E-state index in [0.29, 0.717) is 6.04 Å². The Balaban J connectivity index is 2.14. The molecule has 0 amide bonds. The van der Waals surface area contributed by atoms with E-state index in [1.54, 1.807) is 7.11 Å². The molecular weight excluding hydrogens is 228 g/mol. The van der Waals surface area contributed by atoms with E-state index in [-0.39, 0.29) is 0 Å². The Morgan fingerprint density at radius 1 is 1.67 bits per heavy atom. The summed E-state index contributed by atoms with van der Waals surface area (Å²) >= 11 is 7.34. The van der Waals surface area contributed by atoms with Crippen LogP contribution in [0.2, 0.25) is 0 Å². The van der Waals surface area contributed by atoms with Gasteiger partial charge < -0.3 is 15.0 Å². The molecule has 1 rings (SSSR count). The molecule has 1 unspecified atom stereocenters. The number of hydrogen-bond acceptors (Lipinski definition) is 3. The van der Waals surface area contributed by atoms with Crippen molar-refractivity contribution >= 4 is 29.1 Å². The van der Waals surface area contributed by atoms with Crippen molar-refractivity contribution in [3.05, 3.63) is 0 Å². The Morgan fingerprint density at radius 2 is 2.47 bits per heavy atom. The van der Waals surface area contributed by atoms with Crippen LogP contribution in [0.5, 0.6) is 0 Å². The summed E-state index contributed by atoms with van der Waals surface area (Å²) in [6.45, 7) is 1.69. The monoisotopic (exact) mass is 248 g/mol. The topological polar surface area (TPSA) is 24.5 Å². The number of thioether (sulfide) groups is 1. The first kappa shape index (κ1) is 13.1. The molecule has 0 aliphatic carbocycles. The maximum absolute atomic E-state index is 5.33. The van der Waals surface area contributed by atoms with Crippen LogP contribution in [0.3, 0.4) is 0 Å². The minimum Gasteiger partial charge on any atom is -0.385 e. The molecule has 15 heavy (non-hydrogen) atoms. The molecule has 0 aromatic rings. The zero-order valence-corrected chi connectivity index (χ0v) is 11.1. The van der Waals surface area contributed by atoms with Gasteiger partial charge in [0.1, 0.15) is 0 Å². The van der Waals surface area contributed by atoms with Crippen LogP contribution in [0.1, 0.15) is 12.8 Å². The molecule has 0 aromatic heterocycles. The second-order valence-corrected chi connectivity index (χ2v) is 5.24. The Kier molecular flexibility index (Phi) is 6.36. The van der Waals surface area contributed by atoms with Crippen LogP contribution in [-0.2, 0) is 4.74 Å². The van der Waals surface area contributed by atoms with Crippen LogP contribution in [0.15, 0.2) is 0 Å². The molecule has 1 atom stereocenters. The third kappa shape index (κ3) is 4.57. The lowest BCUT2D eigenvalue weighted by Crippen LogP contribution is -2.43. The highest BCUT2D eigenvalue weighted by atomic mass is 32.2. The predicted molar refractivity (Wildman–Crippen MR) is 70.6 cm³/mol. The molecule has 3 nitrogen and oxygen atoms in total. The molecule has 0 spiro atoms. The van der Waals surface area contributed by atoms with Crippen molar-refractivity contribution in [1.82, 2.24) is 10.2 Å².